The summed E-state index contributed by atoms with van der Waals surface area (Å²) in [4.78, 5) is 25.5. The lowest BCUT2D eigenvalue weighted by Crippen LogP contribution is -2.45. The maximum absolute atomic E-state index is 12.9. The van der Waals surface area contributed by atoms with Crippen LogP contribution in [0.15, 0.2) is 24.3 Å². The Bertz CT molecular complexity index is 1130. The largest absolute Gasteiger partial charge is 0.756 e. The summed E-state index contributed by atoms with van der Waals surface area (Å²) >= 11 is 0. The monoisotopic (exact) mass is 953 g/mol. The first-order valence-corrected chi connectivity index (χ1v) is 30.2. The van der Waals surface area contributed by atoms with E-state index in [9.17, 15) is 19.4 Å². The quantitative estimate of drug-likeness (QED) is 0.0272. The van der Waals surface area contributed by atoms with Crippen molar-refractivity contribution in [1.82, 2.24) is 5.32 Å². The highest BCUT2D eigenvalue weighted by atomic mass is 31.2. The molecule has 392 valence electrons. The summed E-state index contributed by atoms with van der Waals surface area (Å²) in [5, 5.41) is 13.8. The Kier molecular flexibility index (Phi) is 48.2. The van der Waals surface area contributed by atoms with Crippen LogP contribution < -0.4 is 10.2 Å². The summed E-state index contributed by atoms with van der Waals surface area (Å²) in [6.07, 6.45) is 61.2. The molecule has 66 heavy (non-hydrogen) atoms. The Balaban J connectivity index is 4.12. The van der Waals surface area contributed by atoms with Gasteiger partial charge in [0.05, 0.1) is 39.9 Å². The normalized spacial score (nSPS) is 14.1. The average molecular weight is 954 g/mol. The number of aliphatic hydroxyl groups is 1. The molecular weight excluding hydrogens is 840 g/mol. The minimum atomic E-state index is -4.60. The molecular formula is C57H113N2O6P. The highest BCUT2D eigenvalue weighted by Gasteiger charge is 2.23. The first-order valence-electron chi connectivity index (χ1n) is 28.7. The van der Waals surface area contributed by atoms with Crippen molar-refractivity contribution >= 4 is 13.7 Å². The van der Waals surface area contributed by atoms with Crippen molar-refractivity contribution in [1.29, 1.82) is 0 Å². The Morgan fingerprint density at radius 2 is 0.848 bits per heavy atom. The molecule has 0 saturated heterocycles. The maximum atomic E-state index is 12.9. The number of carbonyl (C=O) groups is 1. The highest BCUT2D eigenvalue weighted by Crippen LogP contribution is 2.38. The van der Waals surface area contributed by atoms with Gasteiger partial charge in [0.1, 0.15) is 13.2 Å². The molecule has 0 bridgehead atoms. The zero-order valence-electron chi connectivity index (χ0n) is 44.7. The third-order valence-electron chi connectivity index (χ3n) is 13.2. The van der Waals surface area contributed by atoms with Crippen molar-refractivity contribution < 1.29 is 32.9 Å². The fraction of sp³-hybridized carbons (Fsp3) is 0.912. The van der Waals surface area contributed by atoms with E-state index in [0.29, 0.717) is 17.4 Å². The first kappa shape index (κ1) is 65.0. The van der Waals surface area contributed by atoms with Gasteiger partial charge in [0, 0.05) is 6.42 Å². The lowest BCUT2D eigenvalue weighted by Gasteiger charge is -2.29. The van der Waals surface area contributed by atoms with Gasteiger partial charge in [0.15, 0.2) is 0 Å². The van der Waals surface area contributed by atoms with Crippen LogP contribution in [0.1, 0.15) is 284 Å². The Morgan fingerprint density at radius 3 is 1.23 bits per heavy atom. The molecule has 0 aromatic heterocycles. The van der Waals surface area contributed by atoms with E-state index in [1.807, 2.05) is 27.2 Å². The standard InChI is InChI=1S/C57H113N2O6P/c1-6-8-10-12-14-16-18-20-22-24-25-26-27-28-29-30-31-32-33-34-35-37-39-41-43-45-47-49-51-57(61)58-55(54-65-66(62,63)64-53-52-59(3,4)5)56(60)50-48-46-44-42-40-38-36-23-21-19-17-15-13-11-9-7-2/h40,42,48,50,55-56,60H,6-39,41,43-47,49,51-54H2,1-5H3,(H-,58,61,62,63)/b42-40+,50-48+. The fourth-order valence-electron chi connectivity index (χ4n) is 8.64. The second kappa shape index (κ2) is 49.0. The number of carbonyl (C=O) groups excluding carboxylic acids is 1. The van der Waals surface area contributed by atoms with E-state index in [1.54, 1.807) is 6.08 Å². The molecule has 0 rings (SSSR count). The summed E-state index contributed by atoms with van der Waals surface area (Å²) in [7, 11) is 1.26. The molecule has 0 aromatic carbocycles. The summed E-state index contributed by atoms with van der Waals surface area (Å²) in [5.74, 6) is -0.201. The zero-order valence-corrected chi connectivity index (χ0v) is 45.6. The third kappa shape index (κ3) is 50.8. The molecule has 0 spiro atoms. The zero-order chi connectivity index (χ0) is 48.5. The number of rotatable bonds is 53. The smallest absolute Gasteiger partial charge is 0.268 e. The Morgan fingerprint density at radius 1 is 0.515 bits per heavy atom. The third-order valence-corrected chi connectivity index (χ3v) is 14.1. The topological polar surface area (TPSA) is 108 Å². The molecule has 8 nitrogen and oxygen atoms in total. The summed E-state index contributed by atoms with van der Waals surface area (Å²) in [6, 6.07) is -0.899. The van der Waals surface area contributed by atoms with Crippen LogP contribution in [-0.4, -0.2) is 68.5 Å². The predicted molar refractivity (Wildman–Crippen MR) is 284 cm³/mol. The molecule has 9 heteroatoms. The number of nitrogens with one attached hydrogen (secondary N) is 1. The van der Waals surface area contributed by atoms with Gasteiger partial charge < -0.3 is 28.8 Å². The number of likely N-dealkylation sites (N-methyl/N-ethyl adjacent to an activating group) is 1. The van der Waals surface area contributed by atoms with E-state index in [0.717, 1.165) is 38.5 Å². The molecule has 1 amide bonds. The van der Waals surface area contributed by atoms with Gasteiger partial charge in [-0.2, -0.15) is 0 Å². The van der Waals surface area contributed by atoms with E-state index in [-0.39, 0.29) is 19.1 Å². The van der Waals surface area contributed by atoms with Gasteiger partial charge in [-0.3, -0.25) is 9.36 Å². The van der Waals surface area contributed by atoms with Crippen LogP contribution in [0.3, 0.4) is 0 Å². The number of hydrogen-bond acceptors (Lipinski definition) is 6. The molecule has 0 heterocycles. The second-order valence-corrected chi connectivity index (χ2v) is 22.4. The van der Waals surface area contributed by atoms with Crippen molar-refractivity contribution in [3.63, 3.8) is 0 Å². The average Bonchev–Trinajstić information content (AvgIpc) is 3.28. The van der Waals surface area contributed by atoms with E-state index >= 15 is 0 Å². The second-order valence-electron chi connectivity index (χ2n) is 21.0. The molecule has 0 saturated carbocycles. The SMILES string of the molecule is CCCCCCCCCCCC/C=C/CC/C=C/C(O)C(COP(=O)([O-])OCC[N+](C)(C)C)NC(=O)CCCCCCCCCCCCCCCCCCCCCCCCCCCCCC. The number of aliphatic hydroxyl groups excluding tert-OH is 1. The molecule has 0 fully saturated rings. The van der Waals surface area contributed by atoms with Gasteiger partial charge in [-0.25, -0.2) is 0 Å². The van der Waals surface area contributed by atoms with Crippen LogP contribution in [0.25, 0.3) is 0 Å². The van der Waals surface area contributed by atoms with E-state index in [1.165, 1.54) is 225 Å². The molecule has 0 aliphatic carbocycles. The number of amides is 1. The number of hydrogen-bond donors (Lipinski definition) is 2. The van der Waals surface area contributed by atoms with Gasteiger partial charge in [-0.15, -0.1) is 0 Å². The highest BCUT2D eigenvalue weighted by molar-refractivity contribution is 7.45. The minimum Gasteiger partial charge on any atom is -0.756 e. The Hall–Kier alpha value is -1.02. The van der Waals surface area contributed by atoms with Crippen molar-refractivity contribution in [3.05, 3.63) is 24.3 Å². The number of quaternary nitrogens is 1. The van der Waals surface area contributed by atoms with Crippen molar-refractivity contribution in [2.75, 3.05) is 40.9 Å². The van der Waals surface area contributed by atoms with Gasteiger partial charge in [-0.1, -0.05) is 269 Å². The summed E-state index contributed by atoms with van der Waals surface area (Å²) < 4.78 is 23.3. The van der Waals surface area contributed by atoms with Gasteiger partial charge in [-0.05, 0) is 32.1 Å². The number of unbranched alkanes of at least 4 members (excludes halogenated alkanes) is 38. The lowest BCUT2D eigenvalue weighted by atomic mass is 10.0. The maximum Gasteiger partial charge on any atom is 0.268 e. The van der Waals surface area contributed by atoms with Crippen molar-refractivity contribution in [3.8, 4) is 0 Å². The van der Waals surface area contributed by atoms with Crippen LogP contribution in [-0.2, 0) is 18.4 Å². The molecule has 0 aliphatic rings. The van der Waals surface area contributed by atoms with Crippen LogP contribution >= 0.6 is 7.82 Å². The molecule has 0 aromatic rings. The molecule has 0 radical (unpaired) electrons. The van der Waals surface area contributed by atoms with Crippen molar-refractivity contribution in [2.24, 2.45) is 0 Å². The Labute approximate surface area is 411 Å². The van der Waals surface area contributed by atoms with Crippen LogP contribution in [0, 0.1) is 0 Å². The molecule has 0 aliphatic heterocycles. The molecule has 2 N–H and O–H groups in total. The summed E-state index contributed by atoms with van der Waals surface area (Å²) in [5.41, 5.74) is 0. The molecule has 3 atom stereocenters. The molecule has 3 unspecified atom stereocenters. The van der Waals surface area contributed by atoms with Crippen LogP contribution in [0.4, 0.5) is 0 Å². The van der Waals surface area contributed by atoms with Crippen LogP contribution in [0.5, 0.6) is 0 Å². The first-order chi connectivity index (χ1) is 32.0. The van der Waals surface area contributed by atoms with Crippen LogP contribution in [0.2, 0.25) is 0 Å². The lowest BCUT2D eigenvalue weighted by molar-refractivity contribution is -0.870. The number of allylic oxidation sites excluding steroid dienone is 3. The summed E-state index contributed by atoms with van der Waals surface area (Å²) in [6.45, 7) is 4.66. The number of nitrogens with zero attached hydrogens (tertiary/aromatic N) is 1. The van der Waals surface area contributed by atoms with E-state index < -0.39 is 20.0 Å². The van der Waals surface area contributed by atoms with Crippen molar-refractivity contribution in [2.45, 2.75) is 296 Å². The minimum absolute atomic E-state index is 0.00385. The van der Waals surface area contributed by atoms with E-state index in [2.05, 4.69) is 31.3 Å². The number of phosphoric ester groups is 1. The fourth-order valence-corrected chi connectivity index (χ4v) is 9.37. The van der Waals surface area contributed by atoms with Gasteiger partial charge in [0.25, 0.3) is 7.82 Å². The van der Waals surface area contributed by atoms with Gasteiger partial charge in [0.2, 0.25) is 5.91 Å². The van der Waals surface area contributed by atoms with Gasteiger partial charge >= 0.3 is 0 Å². The number of phosphoric acid groups is 1. The predicted octanol–water partition coefficient (Wildman–Crippen LogP) is 16.6. The van der Waals surface area contributed by atoms with E-state index in [4.69, 9.17) is 9.05 Å².